The van der Waals surface area contributed by atoms with Gasteiger partial charge in [-0.15, -0.1) is 0 Å². The Bertz CT molecular complexity index is 315. The van der Waals surface area contributed by atoms with E-state index in [1.807, 2.05) is 0 Å². The van der Waals surface area contributed by atoms with Gasteiger partial charge in [-0.2, -0.15) is 0 Å². The van der Waals surface area contributed by atoms with Gasteiger partial charge in [-0.05, 0) is 25.0 Å². The third kappa shape index (κ3) is 3.12. The number of rotatable bonds is 4. The summed E-state index contributed by atoms with van der Waals surface area (Å²) >= 11 is 0. The number of hydrogen-bond acceptors (Lipinski definition) is 3. The van der Waals surface area contributed by atoms with Crippen LogP contribution in [0.4, 0.5) is 4.39 Å². The molecule has 0 aliphatic carbocycles. The standard InChI is InChI=1S/C10H12FNO2/c1-2-14-10(13)4-3-8-5-6-12-7-9(8)11/h5-7H,2-4H2,1H3. The lowest BCUT2D eigenvalue weighted by molar-refractivity contribution is -0.143. The summed E-state index contributed by atoms with van der Waals surface area (Å²) in [5, 5.41) is 0. The second kappa shape index (κ2) is 5.32. The lowest BCUT2D eigenvalue weighted by Gasteiger charge is -2.02. The van der Waals surface area contributed by atoms with Crippen LogP contribution in [0.5, 0.6) is 0 Å². The average molecular weight is 197 g/mol. The highest BCUT2D eigenvalue weighted by Gasteiger charge is 2.05. The molecule has 4 heteroatoms. The van der Waals surface area contributed by atoms with Gasteiger partial charge >= 0.3 is 5.97 Å². The first-order valence-electron chi connectivity index (χ1n) is 4.48. The fourth-order valence-corrected chi connectivity index (χ4v) is 1.08. The molecule has 0 atom stereocenters. The van der Waals surface area contributed by atoms with Crippen molar-refractivity contribution in [3.63, 3.8) is 0 Å². The molecule has 0 amide bonds. The third-order valence-corrected chi connectivity index (χ3v) is 1.76. The molecule has 14 heavy (non-hydrogen) atoms. The van der Waals surface area contributed by atoms with Crippen LogP contribution in [0.2, 0.25) is 0 Å². The van der Waals surface area contributed by atoms with Crippen molar-refractivity contribution in [2.75, 3.05) is 6.61 Å². The SMILES string of the molecule is CCOC(=O)CCc1ccncc1F. The average Bonchev–Trinajstić information content (AvgIpc) is 2.17. The highest BCUT2D eigenvalue weighted by molar-refractivity contribution is 5.69. The van der Waals surface area contributed by atoms with E-state index < -0.39 is 0 Å². The molecule has 3 nitrogen and oxygen atoms in total. The highest BCUT2D eigenvalue weighted by Crippen LogP contribution is 2.07. The van der Waals surface area contributed by atoms with Crippen LogP contribution in [0.3, 0.4) is 0 Å². The summed E-state index contributed by atoms with van der Waals surface area (Å²) in [7, 11) is 0. The first kappa shape index (κ1) is 10.6. The minimum atomic E-state index is -0.378. The molecular formula is C10H12FNO2. The normalized spacial score (nSPS) is 9.86. The Labute approximate surface area is 81.9 Å². The molecule has 0 spiro atoms. The number of esters is 1. The molecule has 76 valence electrons. The number of aromatic nitrogens is 1. The summed E-state index contributed by atoms with van der Waals surface area (Å²) in [5.41, 5.74) is 0.494. The maximum absolute atomic E-state index is 13.0. The molecule has 0 aliphatic rings. The second-order valence-electron chi connectivity index (χ2n) is 2.77. The van der Waals surface area contributed by atoms with Gasteiger partial charge in [0.15, 0.2) is 0 Å². The first-order chi connectivity index (χ1) is 6.74. The van der Waals surface area contributed by atoms with Crippen molar-refractivity contribution in [1.82, 2.24) is 4.98 Å². The van der Waals surface area contributed by atoms with Crippen molar-refractivity contribution in [3.8, 4) is 0 Å². The van der Waals surface area contributed by atoms with Crippen molar-refractivity contribution in [3.05, 3.63) is 29.8 Å². The van der Waals surface area contributed by atoms with Gasteiger partial charge in [0.2, 0.25) is 0 Å². The van der Waals surface area contributed by atoms with E-state index in [-0.39, 0.29) is 18.2 Å². The van der Waals surface area contributed by atoms with E-state index in [1.54, 1.807) is 13.0 Å². The molecular weight excluding hydrogens is 185 g/mol. The van der Waals surface area contributed by atoms with Crippen molar-refractivity contribution >= 4 is 5.97 Å². The van der Waals surface area contributed by atoms with Crippen molar-refractivity contribution in [2.45, 2.75) is 19.8 Å². The predicted octanol–water partition coefficient (Wildman–Crippen LogP) is 1.72. The van der Waals surface area contributed by atoms with E-state index in [0.29, 0.717) is 18.6 Å². The number of hydrogen-bond donors (Lipinski definition) is 0. The molecule has 1 rings (SSSR count). The second-order valence-corrected chi connectivity index (χ2v) is 2.77. The van der Waals surface area contributed by atoms with Crippen LogP contribution in [0, 0.1) is 5.82 Å². The van der Waals surface area contributed by atoms with E-state index in [0.717, 1.165) is 6.20 Å². The number of nitrogens with zero attached hydrogens (tertiary/aromatic N) is 1. The zero-order valence-corrected chi connectivity index (χ0v) is 8.00. The summed E-state index contributed by atoms with van der Waals surface area (Å²) in [6, 6.07) is 1.56. The Kier molecular flexibility index (Phi) is 4.04. The van der Waals surface area contributed by atoms with Gasteiger partial charge in [0.1, 0.15) is 5.82 Å². The number of carbonyl (C=O) groups excluding carboxylic acids is 1. The summed E-state index contributed by atoms with van der Waals surface area (Å²) in [4.78, 5) is 14.6. The molecule has 0 N–H and O–H groups in total. The number of aryl methyl sites for hydroxylation is 1. The minimum absolute atomic E-state index is 0.203. The van der Waals surface area contributed by atoms with Crippen molar-refractivity contribution < 1.29 is 13.9 Å². The molecule has 0 aliphatic heterocycles. The van der Waals surface area contributed by atoms with E-state index >= 15 is 0 Å². The number of carbonyl (C=O) groups is 1. The first-order valence-corrected chi connectivity index (χ1v) is 4.48. The van der Waals surface area contributed by atoms with Gasteiger partial charge in [0.05, 0.1) is 12.8 Å². The van der Waals surface area contributed by atoms with E-state index in [9.17, 15) is 9.18 Å². The van der Waals surface area contributed by atoms with E-state index in [2.05, 4.69) is 4.98 Å². The van der Waals surface area contributed by atoms with Crippen molar-refractivity contribution in [1.29, 1.82) is 0 Å². The lowest BCUT2D eigenvalue weighted by atomic mass is 10.1. The third-order valence-electron chi connectivity index (χ3n) is 1.76. The largest absolute Gasteiger partial charge is 0.466 e. The summed E-state index contributed by atoms with van der Waals surface area (Å²) in [6.45, 7) is 2.10. The molecule has 0 fully saturated rings. The molecule has 1 heterocycles. The van der Waals surface area contributed by atoms with Crippen LogP contribution in [-0.2, 0) is 16.0 Å². The maximum atomic E-state index is 13.0. The van der Waals surface area contributed by atoms with E-state index in [4.69, 9.17) is 4.74 Å². The predicted molar refractivity (Wildman–Crippen MR) is 49.1 cm³/mol. The van der Waals surface area contributed by atoms with Crippen LogP contribution in [0.25, 0.3) is 0 Å². The summed E-state index contributed by atoms with van der Waals surface area (Å²) < 4.78 is 17.7. The smallest absolute Gasteiger partial charge is 0.306 e. The molecule has 0 bridgehead atoms. The Morgan fingerprint density at radius 3 is 3.07 bits per heavy atom. The minimum Gasteiger partial charge on any atom is -0.466 e. The molecule has 0 saturated carbocycles. The Morgan fingerprint density at radius 2 is 2.43 bits per heavy atom. The Morgan fingerprint density at radius 1 is 1.64 bits per heavy atom. The van der Waals surface area contributed by atoms with Crippen LogP contribution in [-0.4, -0.2) is 17.6 Å². The number of pyridine rings is 1. The van der Waals surface area contributed by atoms with Gasteiger partial charge in [0, 0.05) is 12.6 Å². The van der Waals surface area contributed by atoms with Crippen LogP contribution in [0.1, 0.15) is 18.9 Å². The number of halogens is 1. The maximum Gasteiger partial charge on any atom is 0.306 e. The molecule has 0 saturated heterocycles. The van der Waals surface area contributed by atoms with Crippen LogP contribution >= 0.6 is 0 Å². The fourth-order valence-electron chi connectivity index (χ4n) is 1.08. The zero-order chi connectivity index (χ0) is 10.4. The topological polar surface area (TPSA) is 39.2 Å². The zero-order valence-electron chi connectivity index (χ0n) is 8.00. The highest BCUT2D eigenvalue weighted by atomic mass is 19.1. The number of ether oxygens (including phenoxy) is 1. The summed E-state index contributed by atoms with van der Waals surface area (Å²) in [6.07, 6.45) is 3.20. The Hall–Kier alpha value is -1.45. The van der Waals surface area contributed by atoms with E-state index in [1.165, 1.54) is 6.20 Å². The van der Waals surface area contributed by atoms with Crippen molar-refractivity contribution in [2.24, 2.45) is 0 Å². The van der Waals surface area contributed by atoms with Gasteiger partial charge in [-0.3, -0.25) is 9.78 Å². The van der Waals surface area contributed by atoms with Gasteiger partial charge in [-0.1, -0.05) is 0 Å². The van der Waals surface area contributed by atoms with Gasteiger partial charge in [0.25, 0.3) is 0 Å². The molecule has 0 unspecified atom stereocenters. The molecule has 0 aromatic carbocycles. The van der Waals surface area contributed by atoms with Gasteiger partial charge < -0.3 is 4.74 Å². The summed E-state index contributed by atoms with van der Waals surface area (Å²) in [5.74, 6) is -0.680. The lowest BCUT2D eigenvalue weighted by Crippen LogP contribution is -2.05. The fraction of sp³-hybridized carbons (Fsp3) is 0.400. The monoisotopic (exact) mass is 197 g/mol. The van der Waals surface area contributed by atoms with Gasteiger partial charge in [-0.25, -0.2) is 4.39 Å². The molecule has 1 aromatic rings. The van der Waals surface area contributed by atoms with Crippen LogP contribution < -0.4 is 0 Å². The Balaban J connectivity index is 2.46. The van der Waals surface area contributed by atoms with Crippen LogP contribution in [0.15, 0.2) is 18.5 Å². The quantitative estimate of drug-likeness (QED) is 0.690. The molecule has 0 radical (unpaired) electrons. The molecule has 1 aromatic heterocycles.